The molecule has 0 bridgehead atoms. The Balaban J connectivity index is 1.25. The summed E-state index contributed by atoms with van der Waals surface area (Å²) in [5.74, 6) is -1.02. The molecule has 2 saturated heterocycles. The van der Waals surface area contributed by atoms with Crippen molar-refractivity contribution in [3.8, 4) is 0 Å². The lowest BCUT2D eigenvalue weighted by atomic mass is 9.87. The summed E-state index contributed by atoms with van der Waals surface area (Å²) < 4.78 is 27.2. The number of anilines is 1. The molecule has 0 atom stereocenters. The van der Waals surface area contributed by atoms with Gasteiger partial charge < -0.3 is 16.0 Å². The first-order valence-electron chi connectivity index (χ1n) is 11.0. The fourth-order valence-electron chi connectivity index (χ4n) is 4.62. The number of carbonyl (C=O) groups is 1. The van der Waals surface area contributed by atoms with Crippen molar-refractivity contribution in [2.45, 2.75) is 32.2 Å². The van der Waals surface area contributed by atoms with Crippen molar-refractivity contribution in [1.29, 1.82) is 5.41 Å². The van der Waals surface area contributed by atoms with E-state index in [-0.39, 0.29) is 35.0 Å². The number of nitrogens with zero attached hydrogens (tertiary/aromatic N) is 4. The van der Waals surface area contributed by atoms with E-state index in [0.29, 0.717) is 25.9 Å². The Morgan fingerprint density at radius 1 is 1.03 bits per heavy atom. The van der Waals surface area contributed by atoms with Crippen molar-refractivity contribution in [3.63, 3.8) is 0 Å². The Kier molecular flexibility index (Phi) is 6.74. The topological polar surface area (TPSA) is 99.2 Å². The van der Waals surface area contributed by atoms with Crippen LogP contribution in [0.25, 0.3) is 0 Å². The maximum absolute atomic E-state index is 14.0. The molecule has 1 aromatic heterocycles. The number of aromatic nitrogens is 2. The van der Waals surface area contributed by atoms with Crippen LogP contribution >= 0.6 is 0 Å². The minimum Gasteiger partial charge on any atom is -0.368 e. The van der Waals surface area contributed by atoms with Gasteiger partial charge in [-0.15, -0.1) is 0 Å². The molecule has 9 heteroatoms. The van der Waals surface area contributed by atoms with Gasteiger partial charge in [-0.2, -0.15) is 0 Å². The highest BCUT2D eigenvalue weighted by atomic mass is 19.1. The molecule has 2 aliphatic rings. The van der Waals surface area contributed by atoms with Crippen molar-refractivity contribution in [3.05, 3.63) is 53.4 Å². The second-order valence-corrected chi connectivity index (χ2v) is 8.64. The normalized spacial score (nSPS) is 18.6. The molecular weight excluding hydrogens is 414 g/mol. The van der Waals surface area contributed by atoms with E-state index in [1.807, 2.05) is 4.90 Å². The number of nitrogen functional groups attached to an aromatic ring is 1. The molecule has 2 aromatic rings. The fraction of sp³-hybridized carbons (Fsp3) is 0.478. The van der Waals surface area contributed by atoms with Crippen molar-refractivity contribution in [2.75, 3.05) is 31.9 Å². The summed E-state index contributed by atoms with van der Waals surface area (Å²) in [6.45, 7) is 3.56. The van der Waals surface area contributed by atoms with E-state index >= 15 is 0 Å². The van der Waals surface area contributed by atoms with E-state index < -0.39 is 11.6 Å². The average molecular weight is 443 g/mol. The molecular formula is C23H28F2N6O. The first kappa shape index (κ1) is 22.3. The van der Waals surface area contributed by atoms with Crippen molar-refractivity contribution in [2.24, 2.45) is 11.8 Å². The number of hydrogen-bond acceptors (Lipinski definition) is 6. The lowest BCUT2D eigenvalue weighted by molar-refractivity contribution is -0.138. The van der Waals surface area contributed by atoms with E-state index in [0.717, 1.165) is 44.1 Å². The lowest BCUT2D eigenvalue weighted by Crippen LogP contribution is -2.46. The Morgan fingerprint density at radius 2 is 1.66 bits per heavy atom. The highest BCUT2D eigenvalue weighted by Crippen LogP contribution is 2.27. The van der Waals surface area contributed by atoms with Gasteiger partial charge in [0.25, 0.3) is 0 Å². The molecule has 0 aliphatic carbocycles. The molecule has 170 valence electrons. The van der Waals surface area contributed by atoms with Crippen LogP contribution in [0.5, 0.6) is 0 Å². The zero-order valence-electron chi connectivity index (χ0n) is 17.9. The first-order valence-corrected chi connectivity index (χ1v) is 11.0. The van der Waals surface area contributed by atoms with E-state index in [1.165, 1.54) is 12.1 Å². The lowest BCUT2D eigenvalue weighted by Gasteiger charge is -2.37. The third kappa shape index (κ3) is 5.09. The SMILES string of the molecule is N=C(c1ccc(F)cc1F)C1CCN(C(=O)C2CCN(Cc3cnc(N)nc3)CC2)CC1. The summed E-state index contributed by atoms with van der Waals surface area (Å²) in [6, 6.07) is 3.32. The number of nitrogens with two attached hydrogens (primary N) is 1. The van der Waals surface area contributed by atoms with Crippen LogP contribution in [-0.2, 0) is 11.3 Å². The van der Waals surface area contributed by atoms with Crippen LogP contribution in [-0.4, -0.2) is 57.6 Å². The molecule has 1 aromatic carbocycles. The number of benzene rings is 1. The number of likely N-dealkylation sites (tertiary alicyclic amines) is 2. The Bertz CT molecular complexity index is 967. The van der Waals surface area contributed by atoms with E-state index in [9.17, 15) is 13.6 Å². The second-order valence-electron chi connectivity index (χ2n) is 8.64. The van der Waals surface area contributed by atoms with Gasteiger partial charge >= 0.3 is 0 Å². The van der Waals surface area contributed by atoms with Gasteiger partial charge in [-0.25, -0.2) is 18.7 Å². The Hall–Kier alpha value is -2.94. The standard InChI is InChI=1S/C23H28F2N6O/c24-18-1-2-19(20(25)11-18)21(26)16-5-9-31(10-6-16)22(32)17-3-7-30(8-4-17)14-15-12-28-23(27)29-13-15/h1-2,11-13,16-17,26H,3-10,14H2,(H2,27,28,29). The number of piperidine rings is 2. The van der Waals surface area contributed by atoms with Gasteiger partial charge in [0.05, 0.1) is 0 Å². The molecule has 2 fully saturated rings. The maximum Gasteiger partial charge on any atom is 0.225 e. The van der Waals surface area contributed by atoms with Crippen LogP contribution in [0.15, 0.2) is 30.6 Å². The summed E-state index contributed by atoms with van der Waals surface area (Å²) in [6.07, 6.45) is 6.34. The van der Waals surface area contributed by atoms with Crippen LogP contribution in [0.2, 0.25) is 0 Å². The maximum atomic E-state index is 14.0. The first-order chi connectivity index (χ1) is 15.4. The third-order valence-electron chi connectivity index (χ3n) is 6.50. The summed E-state index contributed by atoms with van der Waals surface area (Å²) in [4.78, 5) is 25.2. The van der Waals surface area contributed by atoms with E-state index in [2.05, 4.69) is 14.9 Å². The van der Waals surface area contributed by atoms with Gasteiger partial charge in [-0.1, -0.05) is 0 Å². The molecule has 0 radical (unpaired) electrons. The number of rotatable bonds is 5. The monoisotopic (exact) mass is 442 g/mol. The molecule has 32 heavy (non-hydrogen) atoms. The largest absolute Gasteiger partial charge is 0.368 e. The molecule has 7 nitrogen and oxygen atoms in total. The van der Waals surface area contributed by atoms with Crippen LogP contribution in [0, 0.1) is 28.9 Å². The fourth-order valence-corrected chi connectivity index (χ4v) is 4.62. The zero-order chi connectivity index (χ0) is 22.7. The van der Waals surface area contributed by atoms with Gasteiger partial charge in [0, 0.05) is 66.8 Å². The van der Waals surface area contributed by atoms with Gasteiger partial charge in [0.15, 0.2) is 0 Å². The van der Waals surface area contributed by atoms with Gasteiger partial charge in [0.2, 0.25) is 11.9 Å². The zero-order valence-corrected chi connectivity index (χ0v) is 17.9. The van der Waals surface area contributed by atoms with Crippen LogP contribution in [0.3, 0.4) is 0 Å². The Labute approximate surface area is 186 Å². The predicted molar refractivity (Wildman–Crippen MR) is 117 cm³/mol. The average Bonchev–Trinajstić information content (AvgIpc) is 2.80. The smallest absolute Gasteiger partial charge is 0.225 e. The van der Waals surface area contributed by atoms with Crippen molar-refractivity contribution in [1.82, 2.24) is 19.8 Å². The predicted octanol–water partition coefficient (Wildman–Crippen LogP) is 2.86. The van der Waals surface area contributed by atoms with Crippen LogP contribution < -0.4 is 5.73 Å². The summed E-state index contributed by atoms with van der Waals surface area (Å²) in [5.41, 5.74) is 6.87. The minimum absolute atomic E-state index is 0.0134. The third-order valence-corrected chi connectivity index (χ3v) is 6.50. The van der Waals surface area contributed by atoms with Crippen molar-refractivity contribution < 1.29 is 13.6 Å². The molecule has 0 unspecified atom stereocenters. The molecule has 0 saturated carbocycles. The number of carbonyl (C=O) groups excluding carboxylic acids is 1. The van der Waals surface area contributed by atoms with Gasteiger partial charge in [0.1, 0.15) is 11.6 Å². The van der Waals surface area contributed by atoms with Crippen LogP contribution in [0.1, 0.15) is 36.8 Å². The van der Waals surface area contributed by atoms with Crippen molar-refractivity contribution >= 4 is 17.6 Å². The Morgan fingerprint density at radius 3 is 2.28 bits per heavy atom. The van der Waals surface area contributed by atoms with E-state index in [4.69, 9.17) is 11.1 Å². The molecule has 2 aliphatic heterocycles. The summed E-state index contributed by atoms with van der Waals surface area (Å²) >= 11 is 0. The molecule has 0 spiro atoms. The molecule has 4 rings (SSSR count). The highest BCUT2D eigenvalue weighted by Gasteiger charge is 2.32. The quantitative estimate of drug-likeness (QED) is 0.694. The number of nitrogens with one attached hydrogen (secondary N) is 1. The summed E-state index contributed by atoms with van der Waals surface area (Å²) in [7, 11) is 0. The molecule has 3 heterocycles. The number of amides is 1. The minimum atomic E-state index is -0.703. The summed E-state index contributed by atoms with van der Waals surface area (Å²) in [5, 5.41) is 8.34. The molecule has 1 amide bonds. The van der Waals surface area contributed by atoms with Crippen LogP contribution in [0.4, 0.5) is 14.7 Å². The molecule has 3 N–H and O–H groups in total. The number of hydrogen-bond donors (Lipinski definition) is 2. The number of halogens is 2. The van der Waals surface area contributed by atoms with Gasteiger partial charge in [-0.3, -0.25) is 9.69 Å². The van der Waals surface area contributed by atoms with E-state index in [1.54, 1.807) is 12.4 Å². The highest BCUT2D eigenvalue weighted by molar-refractivity contribution is 6.00. The van der Waals surface area contributed by atoms with Gasteiger partial charge in [-0.05, 0) is 50.9 Å². The second kappa shape index (κ2) is 9.68.